The maximum Gasteiger partial charge on any atom is 0.307 e. The Morgan fingerprint density at radius 3 is 2.62 bits per heavy atom. The lowest BCUT2D eigenvalue weighted by Crippen LogP contribution is -2.34. The molecule has 0 unspecified atom stereocenters. The van der Waals surface area contributed by atoms with Gasteiger partial charge < -0.3 is 10.4 Å². The van der Waals surface area contributed by atoms with E-state index in [0.717, 1.165) is 10.2 Å². The number of carboxylic acids is 1. The monoisotopic (exact) mass is 302 g/mol. The van der Waals surface area contributed by atoms with Crippen molar-refractivity contribution in [1.82, 2.24) is 4.98 Å². The second-order valence-corrected chi connectivity index (χ2v) is 6.00. The number of aliphatic carboxylic acids is 1. The van der Waals surface area contributed by atoms with Crippen molar-refractivity contribution in [2.45, 2.75) is 12.8 Å². The first-order valence-corrected chi connectivity index (χ1v) is 7.51. The molecule has 2 N–H and O–H groups in total. The lowest BCUT2D eigenvalue weighted by molar-refractivity contribution is -0.146. The van der Waals surface area contributed by atoms with Crippen LogP contribution in [-0.4, -0.2) is 22.0 Å². The molecule has 2 atom stereocenters. The fourth-order valence-corrected chi connectivity index (χ4v) is 3.37. The van der Waals surface area contributed by atoms with Crippen LogP contribution in [0, 0.1) is 11.8 Å². The molecule has 0 saturated heterocycles. The topological polar surface area (TPSA) is 79.3 Å². The third kappa shape index (κ3) is 2.80. The summed E-state index contributed by atoms with van der Waals surface area (Å²) in [6, 6.07) is 7.62. The normalized spacial score (nSPS) is 21.3. The van der Waals surface area contributed by atoms with Gasteiger partial charge in [-0.2, -0.15) is 0 Å². The summed E-state index contributed by atoms with van der Waals surface area (Å²) in [7, 11) is 0. The third-order valence-corrected chi connectivity index (χ3v) is 4.56. The molecule has 21 heavy (non-hydrogen) atoms. The fraction of sp³-hybridized carbons (Fsp3) is 0.267. The molecular formula is C15H14N2O3S. The number of hydrogen-bond donors (Lipinski definition) is 2. The van der Waals surface area contributed by atoms with Crippen molar-refractivity contribution in [1.29, 1.82) is 0 Å². The van der Waals surface area contributed by atoms with Gasteiger partial charge in [0.15, 0.2) is 5.13 Å². The molecule has 0 bridgehead atoms. The van der Waals surface area contributed by atoms with Gasteiger partial charge in [0.2, 0.25) is 5.91 Å². The zero-order chi connectivity index (χ0) is 14.8. The highest BCUT2D eigenvalue weighted by Gasteiger charge is 2.34. The van der Waals surface area contributed by atoms with Gasteiger partial charge in [-0.15, -0.1) is 0 Å². The van der Waals surface area contributed by atoms with Crippen molar-refractivity contribution >= 4 is 38.6 Å². The summed E-state index contributed by atoms with van der Waals surface area (Å²) in [5.41, 5.74) is 0.830. The predicted octanol–water partition coefficient (Wildman–Crippen LogP) is 2.90. The van der Waals surface area contributed by atoms with Gasteiger partial charge >= 0.3 is 5.97 Å². The van der Waals surface area contributed by atoms with Gasteiger partial charge in [-0.25, -0.2) is 4.98 Å². The van der Waals surface area contributed by atoms with Gasteiger partial charge in [0.05, 0.1) is 22.1 Å². The zero-order valence-electron chi connectivity index (χ0n) is 11.2. The predicted molar refractivity (Wildman–Crippen MR) is 81.2 cm³/mol. The highest BCUT2D eigenvalue weighted by atomic mass is 32.1. The number of amides is 1. The first kappa shape index (κ1) is 13.8. The molecule has 0 fully saturated rings. The van der Waals surface area contributed by atoms with Crippen molar-refractivity contribution in [2.75, 3.05) is 5.32 Å². The SMILES string of the molecule is O=C(O)[C@@H]1CC=CC[C@H]1C(=O)Nc1nc2ccccc2s1. The van der Waals surface area contributed by atoms with Gasteiger partial charge in [-0.1, -0.05) is 35.6 Å². The Bertz CT molecular complexity index is 690. The number of nitrogens with zero attached hydrogens (tertiary/aromatic N) is 1. The molecular weight excluding hydrogens is 288 g/mol. The highest BCUT2D eigenvalue weighted by Crippen LogP contribution is 2.29. The Hall–Kier alpha value is -2.21. The van der Waals surface area contributed by atoms with Crippen LogP contribution in [0.15, 0.2) is 36.4 Å². The summed E-state index contributed by atoms with van der Waals surface area (Å²) >= 11 is 1.39. The number of hydrogen-bond acceptors (Lipinski definition) is 4. The Kier molecular flexibility index (Phi) is 3.70. The number of carbonyl (C=O) groups excluding carboxylic acids is 1. The molecule has 0 aliphatic heterocycles. The lowest BCUT2D eigenvalue weighted by Gasteiger charge is -2.23. The van der Waals surface area contributed by atoms with Crippen LogP contribution >= 0.6 is 11.3 Å². The Balaban J connectivity index is 1.78. The van der Waals surface area contributed by atoms with E-state index in [9.17, 15) is 14.7 Å². The van der Waals surface area contributed by atoms with Crippen molar-refractivity contribution < 1.29 is 14.7 Å². The highest BCUT2D eigenvalue weighted by molar-refractivity contribution is 7.22. The molecule has 0 spiro atoms. The summed E-state index contributed by atoms with van der Waals surface area (Å²) < 4.78 is 0.992. The van der Waals surface area contributed by atoms with E-state index < -0.39 is 17.8 Å². The summed E-state index contributed by atoms with van der Waals surface area (Å²) in [6.45, 7) is 0. The van der Waals surface area contributed by atoms with Gasteiger partial charge in [0, 0.05) is 0 Å². The van der Waals surface area contributed by atoms with Gasteiger partial charge in [0.25, 0.3) is 0 Å². The number of thiazole rings is 1. The number of aromatic nitrogens is 1. The Morgan fingerprint density at radius 1 is 1.19 bits per heavy atom. The van der Waals surface area contributed by atoms with Crippen LogP contribution in [0.3, 0.4) is 0 Å². The molecule has 0 saturated carbocycles. The van der Waals surface area contributed by atoms with E-state index >= 15 is 0 Å². The van der Waals surface area contributed by atoms with Gasteiger partial charge in [-0.3, -0.25) is 9.59 Å². The van der Waals surface area contributed by atoms with E-state index in [2.05, 4.69) is 10.3 Å². The van der Waals surface area contributed by atoms with E-state index in [-0.39, 0.29) is 5.91 Å². The number of nitrogens with one attached hydrogen (secondary N) is 1. The molecule has 5 nitrogen and oxygen atoms in total. The molecule has 108 valence electrons. The second kappa shape index (κ2) is 5.65. The van der Waals surface area contributed by atoms with Crippen molar-refractivity contribution in [3.05, 3.63) is 36.4 Å². The quantitative estimate of drug-likeness (QED) is 0.854. The summed E-state index contributed by atoms with van der Waals surface area (Å²) in [6.07, 6.45) is 4.53. The lowest BCUT2D eigenvalue weighted by atomic mass is 9.82. The zero-order valence-corrected chi connectivity index (χ0v) is 12.0. The molecule has 1 aromatic heterocycles. The molecule has 1 heterocycles. The van der Waals surface area contributed by atoms with Crippen LogP contribution in [0.2, 0.25) is 0 Å². The molecule has 1 aliphatic carbocycles. The summed E-state index contributed by atoms with van der Waals surface area (Å²) in [4.78, 5) is 27.9. The number of carboxylic acid groups (broad SMARTS) is 1. The van der Waals surface area contributed by atoms with E-state index in [4.69, 9.17) is 0 Å². The van der Waals surface area contributed by atoms with Crippen LogP contribution in [0.25, 0.3) is 10.2 Å². The number of benzene rings is 1. The second-order valence-electron chi connectivity index (χ2n) is 4.97. The Labute approximate surface area is 125 Å². The largest absolute Gasteiger partial charge is 0.481 e. The first-order valence-electron chi connectivity index (χ1n) is 6.69. The molecule has 1 aromatic carbocycles. The van der Waals surface area contributed by atoms with Crippen molar-refractivity contribution in [3.63, 3.8) is 0 Å². The molecule has 1 aliphatic rings. The number of carbonyl (C=O) groups is 2. The molecule has 3 rings (SSSR count). The standard InChI is InChI=1S/C15H14N2O3S/c18-13(9-5-1-2-6-10(9)14(19)20)17-15-16-11-7-3-4-8-12(11)21-15/h1-4,7-10H,5-6H2,(H,19,20)(H,16,17,18)/t9-,10-/m1/s1. The minimum atomic E-state index is -0.927. The minimum Gasteiger partial charge on any atom is -0.481 e. The molecule has 6 heteroatoms. The maximum atomic E-state index is 12.3. The number of allylic oxidation sites excluding steroid dienone is 2. The van der Waals surface area contributed by atoms with Crippen LogP contribution in [0.1, 0.15) is 12.8 Å². The number of fused-ring (bicyclic) bond motifs is 1. The van der Waals surface area contributed by atoms with Crippen LogP contribution in [0.4, 0.5) is 5.13 Å². The number of para-hydroxylation sites is 1. The fourth-order valence-electron chi connectivity index (χ4n) is 2.50. The molecule has 1 amide bonds. The van der Waals surface area contributed by atoms with Crippen molar-refractivity contribution in [3.8, 4) is 0 Å². The molecule has 2 aromatic rings. The summed E-state index contributed by atoms with van der Waals surface area (Å²) in [5.74, 6) is -2.40. The van der Waals surface area contributed by atoms with Gasteiger partial charge in [-0.05, 0) is 25.0 Å². The van der Waals surface area contributed by atoms with E-state index in [0.29, 0.717) is 18.0 Å². The average molecular weight is 302 g/mol. The molecule has 0 radical (unpaired) electrons. The van der Waals surface area contributed by atoms with E-state index in [1.807, 2.05) is 36.4 Å². The van der Waals surface area contributed by atoms with E-state index in [1.165, 1.54) is 11.3 Å². The maximum absolute atomic E-state index is 12.3. The average Bonchev–Trinajstić information content (AvgIpc) is 2.89. The van der Waals surface area contributed by atoms with Gasteiger partial charge in [0.1, 0.15) is 0 Å². The third-order valence-electron chi connectivity index (χ3n) is 3.61. The number of anilines is 1. The van der Waals surface area contributed by atoms with Crippen LogP contribution in [-0.2, 0) is 9.59 Å². The first-order chi connectivity index (χ1) is 10.1. The summed E-state index contributed by atoms with van der Waals surface area (Å²) in [5, 5.41) is 12.5. The van der Waals surface area contributed by atoms with Crippen molar-refractivity contribution in [2.24, 2.45) is 11.8 Å². The van der Waals surface area contributed by atoms with Crippen LogP contribution < -0.4 is 5.32 Å². The minimum absolute atomic E-state index is 0.272. The Morgan fingerprint density at radius 2 is 1.90 bits per heavy atom. The van der Waals surface area contributed by atoms with Crippen LogP contribution in [0.5, 0.6) is 0 Å². The number of rotatable bonds is 3. The smallest absolute Gasteiger partial charge is 0.307 e. The van der Waals surface area contributed by atoms with E-state index in [1.54, 1.807) is 0 Å².